The summed E-state index contributed by atoms with van der Waals surface area (Å²) in [6, 6.07) is -0.926. The topological polar surface area (TPSA) is 47.9 Å². The van der Waals surface area contributed by atoms with Gasteiger partial charge in [0.1, 0.15) is 26.2 Å². The molecule has 0 bridgehead atoms. The lowest BCUT2D eigenvalue weighted by Crippen LogP contribution is -2.50. The Kier molecular flexibility index (Phi) is 5.28. The van der Waals surface area contributed by atoms with E-state index in [1.165, 1.54) is 13.8 Å². The van der Waals surface area contributed by atoms with E-state index in [4.69, 9.17) is 17.3 Å². The first kappa shape index (κ1) is 16.7. The SMILES string of the molecule is [B][C@@H]1O[C@H](CC)[C@H](O)C1(C)OC(C)OCC(F)(F)F. The second kappa shape index (κ2) is 5.99. The molecular formula is C11H18BF3O4. The Morgan fingerprint density at radius 3 is 2.47 bits per heavy atom. The summed E-state index contributed by atoms with van der Waals surface area (Å²) < 4.78 is 51.2. The van der Waals surface area contributed by atoms with Gasteiger partial charge in [-0.25, -0.2) is 0 Å². The minimum atomic E-state index is -4.43. The van der Waals surface area contributed by atoms with Crippen LogP contribution in [0, 0.1) is 0 Å². The largest absolute Gasteiger partial charge is 0.411 e. The van der Waals surface area contributed by atoms with Crippen LogP contribution in [-0.4, -0.2) is 55.8 Å². The third kappa shape index (κ3) is 4.08. The normalized spacial score (nSPS) is 37.5. The van der Waals surface area contributed by atoms with Crippen molar-refractivity contribution in [2.24, 2.45) is 0 Å². The third-order valence-corrected chi connectivity index (χ3v) is 3.13. The predicted octanol–water partition coefficient (Wildman–Crippen LogP) is 1.35. The molecule has 110 valence electrons. The predicted molar refractivity (Wildman–Crippen MR) is 61.7 cm³/mol. The highest BCUT2D eigenvalue weighted by molar-refractivity contribution is 6.12. The van der Waals surface area contributed by atoms with Crippen LogP contribution >= 0.6 is 0 Å². The van der Waals surface area contributed by atoms with Gasteiger partial charge in [0.05, 0.1) is 6.10 Å². The van der Waals surface area contributed by atoms with Crippen LogP contribution in [0.4, 0.5) is 13.2 Å². The van der Waals surface area contributed by atoms with Gasteiger partial charge in [0.2, 0.25) is 0 Å². The van der Waals surface area contributed by atoms with Gasteiger partial charge >= 0.3 is 6.18 Å². The maximum atomic E-state index is 12.0. The molecule has 1 N–H and O–H groups in total. The fourth-order valence-electron chi connectivity index (χ4n) is 1.99. The average molecular weight is 282 g/mol. The zero-order chi connectivity index (χ0) is 14.8. The van der Waals surface area contributed by atoms with Crippen molar-refractivity contribution in [1.82, 2.24) is 0 Å². The molecule has 2 radical (unpaired) electrons. The van der Waals surface area contributed by atoms with Crippen molar-refractivity contribution >= 4 is 7.85 Å². The highest BCUT2D eigenvalue weighted by Crippen LogP contribution is 2.35. The molecule has 0 spiro atoms. The molecule has 2 unspecified atom stereocenters. The van der Waals surface area contributed by atoms with Gasteiger partial charge in [-0.3, -0.25) is 0 Å². The van der Waals surface area contributed by atoms with Gasteiger partial charge in [-0.15, -0.1) is 0 Å². The summed E-state index contributed by atoms with van der Waals surface area (Å²) >= 11 is 0. The second-order valence-corrected chi connectivity index (χ2v) is 4.74. The Morgan fingerprint density at radius 2 is 2.05 bits per heavy atom. The van der Waals surface area contributed by atoms with Crippen LogP contribution in [-0.2, 0) is 14.2 Å². The van der Waals surface area contributed by atoms with Crippen molar-refractivity contribution in [1.29, 1.82) is 0 Å². The maximum absolute atomic E-state index is 12.0. The van der Waals surface area contributed by atoms with Crippen LogP contribution in [0.15, 0.2) is 0 Å². The molecule has 5 atom stereocenters. The molecule has 1 aliphatic rings. The van der Waals surface area contributed by atoms with E-state index in [1.54, 1.807) is 6.92 Å². The van der Waals surface area contributed by atoms with Gasteiger partial charge in [0.25, 0.3) is 0 Å². The fourth-order valence-corrected chi connectivity index (χ4v) is 1.99. The van der Waals surface area contributed by atoms with Crippen LogP contribution in [0.3, 0.4) is 0 Å². The molecule has 1 fully saturated rings. The Bertz CT molecular complexity index is 302. The van der Waals surface area contributed by atoms with Gasteiger partial charge in [-0.1, -0.05) is 6.92 Å². The highest BCUT2D eigenvalue weighted by Gasteiger charge is 2.51. The molecule has 1 saturated heterocycles. The summed E-state index contributed by atoms with van der Waals surface area (Å²) in [5.41, 5.74) is -1.30. The van der Waals surface area contributed by atoms with Crippen molar-refractivity contribution in [3.63, 3.8) is 0 Å². The van der Waals surface area contributed by atoms with Crippen LogP contribution in [0.2, 0.25) is 0 Å². The van der Waals surface area contributed by atoms with Crippen molar-refractivity contribution in [3.05, 3.63) is 0 Å². The first-order valence-electron chi connectivity index (χ1n) is 6.05. The lowest BCUT2D eigenvalue weighted by molar-refractivity contribution is -0.260. The van der Waals surface area contributed by atoms with Crippen molar-refractivity contribution in [2.45, 2.75) is 63.5 Å². The van der Waals surface area contributed by atoms with E-state index >= 15 is 0 Å². The maximum Gasteiger partial charge on any atom is 0.411 e. The number of rotatable bonds is 5. The minimum Gasteiger partial charge on any atom is -0.387 e. The van der Waals surface area contributed by atoms with Crippen LogP contribution < -0.4 is 0 Å². The Morgan fingerprint density at radius 1 is 1.47 bits per heavy atom. The van der Waals surface area contributed by atoms with Gasteiger partial charge in [-0.2, -0.15) is 13.2 Å². The smallest absolute Gasteiger partial charge is 0.387 e. The number of hydrogen-bond donors (Lipinski definition) is 1. The molecule has 0 aromatic carbocycles. The number of aliphatic hydroxyl groups is 1. The molecule has 1 aliphatic heterocycles. The quantitative estimate of drug-likeness (QED) is 0.611. The van der Waals surface area contributed by atoms with Gasteiger partial charge < -0.3 is 19.3 Å². The van der Waals surface area contributed by atoms with E-state index in [1.807, 2.05) is 0 Å². The Hall–Kier alpha value is -0.305. The highest BCUT2D eigenvalue weighted by atomic mass is 19.4. The molecule has 0 aromatic heterocycles. The lowest BCUT2D eigenvalue weighted by Gasteiger charge is -2.34. The molecular weight excluding hydrogens is 264 g/mol. The van der Waals surface area contributed by atoms with Crippen LogP contribution in [0.25, 0.3) is 0 Å². The fraction of sp³-hybridized carbons (Fsp3) is 1.00. The summed E-state index contributed by atoms with van der Waals surface area (Å²) in [4.78, 5) is 0. The molecule has 0 aromatic rings. The van der Waals surface area contributed by atoms with E-state index in [0.717, 1.165) is 0 Å². The number of alkyl halides is 3. The second-order valence-electron chi connectivity index (χ2n) is 4.74. The van der Waals surface area contributed by atoms with Gasteiger partial charge in [0.15, 0.2) is 6.29 Å². The van der Waals surface area contributed by atoms with Crippen molar-refractivity contribution in [3.8, 4) is 0 Å². The van der Waals surface area contributed by atoms with Crippen LogP contribution in [0.5, 0.6) is 0 Å². The van der Waals surface area contributed by atoms with E-state index in [2.05, 4.69) is 4.74 Å². The number of halogens is 3. The van der Waals surface area contributed by atoms with Crippen molar-refractivity contribution < 1.29 is 32.5 Å². The minimum absolute atomic E-state index is 0.505. The summed E-state index contributed by atoms with van der Waals surface area (Å²) in [6.07, 6.45) is -6.60. The number of hydrogen-bond acceptors (Lipinski definition) is 4. The third-order valence-electron chi connectivity index (χ3n) is 3.13. The number of ether oxygens (including phenoxy) is 3. The molecule has 0 aliphatic carbocycles. The monoisotopic (exact) mass is 282 g/mol. The first-order valence-corrected chi connectivity index (χ1v) is 6.05. The molecule has 1 rings (SSSR count). The average Bonchev–Trinajstić information content (AvgIpc) is 2.50. The van der Waals surface area contributed by atoms with Gasteiger partial charge in [-0.05, 0) is 20.3 Å². The Labute approximate surface area is 111 Å². The molecule has 4 nitrogen and oxygen atoms in total. The zero-order valence-corrected chi connectivity index (χ0v) is 11.1. The van der Waals surface area contributed by atoms with E-state index in [-0.39, 0.29) is 0 Å². The van der Waals surface area contributed by atoms with Crippen LogP contribution in [0.1, 0.15) is 27.2 Å². The summed E-state index contributed by atoms with van der Waals surface area (Å²) in [5.74, 6) is 0. The molecule has 1 heterocycles. The van der Waals surface area contributed by atoms with E-state index in [9.17, 15) is 18.3 Å². The van der Waals surface area contributed by atoms with E-state index < -0.39 is 42.9 Å². The summed E-state index contributed by atoms with van der Waals surface area (Å²) in [7, 11) is 5.71. The van der Waals surface area contributed by atoms with E-state index in [0.29, 0.717) is 6.42 Å². The van der Waals surface area contributed by atoms with Crippen molar-refractivity contribution in [2.75, 3.05) is 6.61 Å². The molecule has 0 saturated carbocycles. The first-order chi connectivity index (χ1) is 8.60. The Balaban J connectivity index is 2.59. The molecule has 0 amide bonds. The zero-order valence-electron chi connectivity index (χ0n) is 11.1. The molecule has 8 heteroatoms. The lowest BCUT2D eigenvalue weighted by atomic mass is 9.81. The molecule has 19 heavy (non-hydrogen) atoms. The summed E-state index contributed by atoms with van der Waals surface area (Å²) in [6.45, 7) is 3.19. The standard InChI is InChI=1S/C11H18BF3O4/c1-4-7-8(16)10(3,9(12)18-7)19-6(2)17-5-11(13,14)15/h6-9,16H,4-5H2,1-3H3/t6?,7-,8+,9-,10?/m1/s1. The number of aliphatic hydroxyl groups excluding tert-OH is 1. The summed E-state index contributed by atoms with van der Waals surface area (Å²) in [5, 5.41) is 10.0. The van der Waals surface area contributed by atoms with Gasteiger partial charge in [0, 0.05) is 6.00 Å².